The van der Waals surface area contributed by atoms with Gasteiger partial charge in [-0.1, -0.05) is 12.1 Å². The Kier molecular flexibility index (Phi) is 6.03. The van der Waals surface area contributed by atoms with E-state index < -0.39 is 41.1 Å². The molecule has 1 aromatic heterocycles. The van der Waals surface area contributed by atoms with Crippen molar-refractivity contribution >= 4 is 16.8 Å². The lowest BCUT2D eigenvalue weighted by atomic mass is 9.86. The molecule has 0 saturated heterocycles. The molecule has 1 aliphatic rings. The quantitative estimate of drug-likeness (QED) is 0.409. The number of hydrogen-bond donors (Lipinski definition) is 2. The van der Waals surface area contributed by atoms with E-state index >= 15 is 0 Å². The molecule has 0 radical (unpaired) electrons. The Labute approximate surface area is 179 Å². The third-order valence-corrected chi connectivity index (χ3v) is 5.92. The van der Waals surface area contributed by atoms with E-state index in [0.29, 0.717) is 11.6 Å². The number of carbonyl (C=O) groups excluding carboxylic acids is 1. The van der Waals surface area contributed by atoms with Crippen LogP contribution in [0, 0.1) is 23.4 Å². The standard InChI is InChI=1S/C22H20F5N3O2/c23-16-8-15(18(24)19(25)20(16)31)22(32)28-9-11-1-5-14(6-2-11)30-10-13-4-3-12(21(26)27)7-17(13)29-30/h3-4,7-8,10-11,14,21,31H,1-2,5-6,9H2,(H,28,32). The second-order valence-corrected chi connectivity index (χ2v) is 8.00. The van der Waals surface area contributed by atoms with Crippen molar-refractivity contribution in [3.63, 3.8) is 0 Å². The van der Waals surface area contributed by atoms with Crippen molar-refractivity contribution in [2.24, 2.45) is 5.92 Å². The van der Waals surface area contributed by atoms with Gasteiger partial charge in [0.2, 0.25) is 5.82 Å². The molecule has 0 bridgehead atoms. The minimum absolute atomic E-state index is 0.0768. The van der Waals surface area contributed by atoms with Gasteiger partial charge in [0.25, 0.3) is 12.3 Å². The van der Waals surface area contributed by atoms with E-state index in [9.17, 15) is 26.7 Å². The Morgan fingerprint density at radius 1 is 1.12 bits per heavy atom. The number of amides is 1. The summed E-state index contributed by atoms with van der Waals surface area (Å²) in [5, 5.41) is 16.8. The van der Waals surface area contributed by atoms with E-state index in [4.69, 9.17) is 5.11 Å². The summed E-state index contributed by atoms with van der Waals surface area (Å²) < 4.78 is 68.3. The molecule has 170 valence electrons. The third-order valence-electron chi connectivity index (χ3n) is 5.92. The van der Waals surface area contributed by atoms with Gasteiger partial charge in [-0.05, 0) is 43.7 Å². The first-order valence-electron chi connectivity index (χ1n) is 10.2. The Morgan fingerprint density at radius 2 is 1.84 bits per heavy atom. The zero-order valence-corrected chi connectivity index (χ0v) is 16.8. The zero-order valence-electron chi connectivity index (χ0n) is 16.8. The van der Waals surface area contributed by atoms with Crippen LogP contribution in [-0.4, -0.2) is 27.3 Å². The Bertz CT molecular complexity index is 1160. The van der Waals surface area contributed by atoms with Crippen LogP contribution in [-0.2, 0) is 0 Å². The molecule has 1 aliphatic carbocycles. The van der Waals surface area contributed by atoms with Crippen LogP contribution in [0.25, 0.3) is 10.9 Å². The van der Waals surface area contributed by atoms with E-state index in [1.54, 1.807) is 10.7 Å². The first kappa shape index (κ1) is 22.0. The number of fused-ring (bicyclic) bond motifs is 1. The minimum atomic E-state index is -2.56. The molecule has 5 nitrogen and oxygen atoms in total. The predicted molar refractivity (Wildman–Crippen MR) is 106 cm³/mol. The molecule has 0 spiro atoms. The van der Waals surface area contributed by atoms with E-state index in [1.165, 1.54) is 12.1 Å². The second-order valence-electron chi connectivity index (χ2n) is 8.00. The fourth-order valence-corrected chi connectivity index (χ4v) is 4.07. The number of hydrogen-bond acceptors (Lipinski definition) is 3. The van der Waals surface area contributed by atoms with Gasteiger partial charge in [0.1, 0.15) is 0 Å². The number of aromatic nitrogens is 2. The van der Waals surface area contributed by atoms with Gasteiger partial charge < -0.3 is 10.4 Å². The molecule has 2 N–H and O–H groups in total. The minimum Gasteiger partial charge on any atom is -0.503 e. The number of phenolic OH excluding ortho intramolecular Hbond substituents is 1. The topological polar surface area (TPSA) is 67.2 Å². The van der Waals surface area contributed by atoms with E-state index in [1.807, 2.05) is 6.20 Å². The lowest BCUT2D eigenvalue weighted by molar-refractivity contribution is 0.0935. The lowest BCUT2D eigenvalue weighted by Crippen LogP contribution is -2.32. The van der Waals surface area contributed by atoms with Crippen molar-refractivity contribution in [2.75, 3.05) is 6.54 Å². The van der Waals surface area contributed by atoms with Crippen LogP contribution in [0.15, 0.2) is 30.5 Å². The van der Waals surface area contributed by atoms with Crippen molar-refractivity contribution in [2.45, 2.75) is 38.2 Å². The Morgan fingerprint density at radius 3 is 2.53 bits per heavy atom. The number of halogens is 5. The number of benzene rings is 2. The largest absolute Gasteiger partial charge is 0.503 e. The zero-order chi connectivity index (χ0) is 23.0. The summed E-state index contributed by atoms with van der Waals surface area (Å²) in [6.45, 7) is 0.202. The number of carbonyl (C=O) groups is 1. The lowest BCUT2D eigenvalue weighted by Gasteiger charge is -2.28. The van der Waals surface area contributed by atoms with Gasteiger partial charge in [-0.2, -0.15) is 9.49 Å². The fraction of sp³-hybridized carbons (Fsp3) is 0.364. The molecule has 10 heteroatoms. The van der Waals surface area contributed by atoms with Gasteiger partial charge >= 0.3 is 0 Å². The summed E-state index contributed by atoms with van der Waals surface area (Å²) in [4.78, 5) is 12.2. The highest BCUT2D eigenvalue weighted by atomic mass is 19.3. The highest BCUT2D eigenvalue weighted by Crippen LogP contribution is 2.33. The van der Waals surface area contributed by atoms with E-state index in [-0.39, 0.29) is 24.1 Å². The van der Waals surface area contributed by atoms with Gasteiger partial charge in [0.15, 0.2) is 17.4 Å². The monoisotopic (exact) mass is 453 g/mol. The third kappa shape index (κ3) is 4.26. The van der Waals surface area contributed by atoms with Gasteiger partial charge in [-0.15, -0.1) is 0 Å². The maximum atomic E-state index is 13.8. The highest BCUT2D eigenvalue weighted by molar-refractivity contribution is 5.94. The van der Waals surface area contributed by atoms with Crippen LogP contribution < -0.4 is 5.32 Å². The molecule has 1 fully saturated rings. The SMILES string of the molecule is O=C(NCC1CCC(n2cc3ccc(C(F)F)cc3n2)CC1)c1cc(F)c(O)c(F)c1F. The molecule has 1 amide bonds. The van der Waals surface area contributed by atoms with E-state index in [2.05, 4.69) is 10.4 Å². The van der Waals surface area contributed by atoms with Crippen LogP contribution in [0.1, 0.15) is 54.1 Å². The molecule has 3 aromatic rings. The van der Waals surface area contributed by atoms with Gasteiger partial charge in [0.05, 0.1) is 17.1 Å². The Hall–Kier alpha value is -3.17. The fourth-order valence-electron chi connectivity index (χ4n) is 4.07. The summed E-state index contributed by atoms with van der Waals surface area (Å²) in [5.41, 5.74) is -0.377. The van der Waals surface area contributed by atoms with Crippen LogP contribution in [0.4, 0.5) is 22.0 Å². The average molecular weight is 453 g/mol. The molecule has 1 heterocycles. The van der Waals surface area contributed by atoms with Crippen molar-refractivity contribution in [1.29, 1.82) is 0 Å². The second kappa shape index (κ2) is 8.76. The molecule has 32 heavy (non-hydrogen) atoms. The van der Waals surface area contributed by atoms with Gasteiger partial charge in [-0.25, -0.2) is 17.6 Å². The molecule has 0 aliphatic heterocycles. The van der Waals surface area contributed by atoms with Crippen LogP contribution in [0.3, 0.4) is 0 Å². The highest BCUT2D eigenvalue weighted by Gasteiger charge is 2.26. The summed E-state index contributed by atoms with van der Waals surface area (Å²) in [6.07, 6.45) is 2.21. The normalized spacial score (nSPS) is 18.9. The smallest absolute Gasteiger partial charge is 0.263 e. The molecule has 0 unspecified atom stereocenters. The van der Waals surface area contributed by atoms with Crippen molar-refractivity contribution in [3.05, 3.63) is 59.0 Å². The average Bonchev–Trinajstić information content (AvgIpc) is 3.22. The molecule has 0 atom stereocenters. The van der Waals surface area contributed by atoms with Crippen LogP contribution in [0.5, 0.6) is 5.75 Å². The first-order valence-corrected chi connectivity index (χ1v) is 10.2. The summed E-state index contributed by atoms with van der Waals surface area (Å²) in [5.74, 6) is -7.17. The van der Waals surface area contributed by atoms with Crippen molar-refractivity contribution in [3.8, 4) is 5.75 Å². The van der Waals surface area contributed by atoms with Crippen molar-refractivity contribution in [1.82, 2.24) is 15.1 Å². The maximum Gasteiger partial charge on any atom is 0.263 e. The van der Waals surface area contributed by atoms with Crippen molar-refractivity contribution < 1.29 is 31.9 Å². The van der Waals surface area contributed by atoms with Gasteiger partial charge in [-0.3, -0.25) is 9.48 Å². The Balaban J connectivity index is 1.34. The number of alkyl halides is 2. The maximum absolute atomic E-state index is 13.8. The number of rotatable bonds is 5. The number of phenols is 1. The molecular formula is C22H20F5N3O2. The predicted octanol–water partition coefficient (Wildman–Crippen LogP) is 5.26. The van der Waals surface area contributed by atoms with Crippen LogP contribution >= 0.6 is 0 Å². The summed E-state index contributed by atoms with van der Waals surface area (Å²) >= 11 is 0. The van der Waals surface area contributed by atoms with Crippen LogP contribution in [0.2, 0.25) is 0 Å². The number of nitrogens with zero attached hydrogens (tertiary/aromatic N) is 2. The molecular weight excluding hydrogens is 433 g/mol. The number of aromatic hydroxyl groups is 1. The van der Waals surface area contributed by atoms with E-state index in [0.717, 1.165) is 31.1 Å². The summed E-state index contributed by atoms with van der Waals surface area (Å²) in [6, 6.07) is 4.93. The first-order chi connectivity index (χ1) is 15.2. The van der Waals surface area contributed by atoms with Gasteiger partial charge in [0, 0.05) is 23.7 Å². The molecule has 1 saturated carbocycles. The number of nitrogens with one attached hydrogen (secondary N) is 1. The molecule has 2 aromatic carbocycles. The molecule has 4 rings (SSSR count). The summed E-state index contributed by atoms with van der Waals surface area (Å²) in [7, 11) is 0.